The van der Waals surface area contributed by atoms with Gasteiger partial charge in [-0.25, -0.2) is 0 Å². The normalized spacial score (nSPS) is 13.4. The summed E-state index contributed by atoms with van der Waals surface area (Å²) >= 11 is 5.06. The average molecular weight is 378 g/mol. The molecule has 0 radical (unpaired) electrons. The number of halogens is 4. The molecule has 6 heteroatoms. The minimum Gasteiger partial charge on any atom is -0.306 e. The smallest absolute Gasteiger partial charge is 0.306 e. The molecule has 1 aromatic heterocycles. The third-order valence-electron chi connectivity index (χ3n) is 3.12. The zero-order valence-electron chi connectivity index (χ0n) is 11.4. The quantitative estimate of drug-likeness (QED) is 0.712. The first-order valence-electron chi connectivity index (χ1n) is 6.55. The Hall–Kier alpha value is -0.850. The number of rotatable bonds is 5. The highest BCUT2D eigenvalue weighted by atomic mass is 79.9. The molecule has 1 heterocycles. The van der Waals surface area contributed by atoms with Crippen LogP contribution in [0.5, 0.6) is 0 Å². The van der Waals surface area contributed by atoms with E-state index < -0.39 is 11.7 Å². The second-order valence-electron chi connectivity index (χ2n) is 4.68. The van der Waals surface area contributed by atoms with E-state index in [0.717, 1.165) is 40.7 Å². The van der Waals surface area contributed by atoms with Crippen LogP contribution in [-0.4, -0.2) is 6.54 Å². The summed E-state index contributed by atoms with van der Waals surface area (Å²) < 4.78 is 38.9. The van der Waals surface area contributed by atoms with Crippen molar-refractivity contribution in [3.63, 3.8) is 0 Å². The molecule has 0 saturated heterocycles. The van der Waals surface area contributed by atoms with Crippen LogP contribution in [0.3, 0.4) is 0 Å². The van der Waals surface area contributed by atoms with Crippen molar-refractivity contribution in [2.45, 2.75) is 25.6 Å². The van der Waals surface area contributed by atoms with Crippen molar-refractivity contribution in [3.8, 4) is 0 Å². The summed E-state index contributed by atoms with van der Waals surface area (Å²) in [5, 5.41) is 7.36. The van der Waals surface area contributed by atoms with Gasteiger partial charge in [-0.05, 0) is 57.5 Å². The van der Waals surface area contributed by atoms with Crippen LogP contribution >= 0.6 is 27.3 Å². The molecule has 1 aromatic carbocycles. The molecule has 0 aliphatic carbocycles. The number of nitrogens with one attached hydrogen (secondary N) is 1. The molecule has 1 unspecified atom stereocenters. The average Bonchev–Trinajstić information content (AvgIpc) is 2.85. The molecule has 0 fully saturated rings. The van der Waals surface area contributed by atoms with Crippen molar-refractivity contribution in [1.82, 2.24) is 5.32 Å². The maximum atomic E-state index is 12.6. The van der Waals surface area contributed by atoms with Crippen molar-refractivity contribution in [3.05, 3.63) is 56.2 Å². The Morgan fingerprint density at radius 1 is 1.19 bits per heavy atom. The van der Waals surface area contributed by atoms with Crippen LogP contribution in [0.25, 0.3) is 0 Å². The van der Waals surface area contributed by atoms with Crippen molar-refractivity contribution in [2.24, 2.45) is 0 Å². The van der Waals surface area contributed by atoms with Crippen LogP contribution in [0.4, 0.5) is 13.2 Å². The minimum atomic E-state index is -4.30. The Morgan fingerprint density at radius 3 is 2.33 bits per heavy atom. The van der Waals surface area contributed by atoms with Gasteiger partial charge in [0.15, 0.2) is 0 Å². The summed E-state index contributed by atoms with van der Waals surface area (Å²) in [5.41, 5.74) is 1.26. The minimum absolute atomic E-state index is 0.104. The number of alkyl halides is 3. The zero-order chi connectivity index (χ0) is 15.5. The van der Waals surface area contributed by atoms with E-state index >= 15 is 0 Å². The number of benzene rings is 1. The van der Waals surface area contributed by atoms with Gasteiger partial charge in [0, 0.05) is 9.85 Å². The molecule has 0 aliphatic heterocycles. The van der Waals surface area contributed by atoms with Gasteiger partial charge in [0.2, 0.25) is 0 Å². The van der Waals surface area contributed by atoms with Crippen molar-refractivity contribution in [2.75, 3.05) is 6.54 Å². The van der Waals surface area contributed by atoms with Gasteiger partial charge >= 0.3 is 6.18 Å². The summed E-state index contributed by atoms with van der Waals surface area (Å²) in [5.74, 6) is 0. The van der Waals surface area contributed by atoms with Crippen LogP contribution < -0.4 is 5.32 Å². The van der Waals surface area contributed by atoms with E-state index in [9.17, 15) is 13.2 Å². The van der Waals surface area contributed by atoms with Crippen molar-refractivity contribution < 1.29 is 13.2 Å². The lowest BCUT2D eigenvalue weighted by atomic mass is 9.99. The molecule has 0 spiro atoms. The molecule has 1 N–H and O–H groups in total. The molecule has 2 aromatic rings. The molecule has 2 rings (SSSR count). The van der Waals surface area contributed by atoms with Gasteiger partial charge in [0.25, 0.3) is 0 Å². The Bertz CT molecular complexity index is 577. The van der Waals surface area contributed by atoms with E-state index in [2.05, 4.69) is 28.2 Å². The summed E-state index contributed by atoms with van der Waals surface area (Å²) in [6.45, 7) is 2.85. The molecule has 0 amide bonds. The zero-order valence-corrected chi connectivity index (χ0v) is 13.8. The van der Waals surface area contributed by atoms with Crippen LogP contribution in [0.1, 0.15) is 36.1 Å². The molecular weight excluding hydrogens is 363 g/mol. The largest absolute Gasteiger partial charge is 0.416 e. The summed E-state index contributed by atoms with van der Waals surface area (Å²) in [6, 6.07) is 5.25. The fourth-order valence-corrected chi connectivity index (χ4v) is 3.61. The van der Waals surface area contributed by atoms with E-state index in [4.69, 9.17) is 0 Å². The lowest BCUT2D eigenvalue weighted by molar-refractivity contribution is -0.137. The molecule has 0 bridgehead atoms. The Morgan fingerprint density at radius 2 is 1.86 bits per heavy atom. The van der Waals surface area contributed by atoms with E-state index in [1.54, 1.807) is 23.5 Å². The molecule has 0 saturated carbocycles. The fraction of sp³-hybridized carbons (Fsp3) is 0.333. The standard InChI is InChI=1S/C15H15BrF3NS/c1-2-7-20-14(12-8-21-9-13(12)16)10-3-5-11(6-4-10)15(17,18)19/h3-6,8-9,14,20H,2,7H2,1H3. The first kappa shape index (κ1) is 16.5. The summed E-state index contributed by atoms with van der Waals surface area (Å²) in [7, 11) is 0. The van der Waals surface area contributed by atoms with Gasteiger partial charge in [-0.2, -0.15) is 24.5 Å². The Kier molecular flexibility index (Phi) is 5.46. The lowest BCUT2D eigenvalue weighted by Crippen LogP contribution is -2.23. The predicted molar refractivity (Wildman–Crippen MR) is 83.6 cm³/mol. The van der Waals surface area contributed by atoms with Crippen molar-refractivity contribution >= 4 is 27.3 Å². The van der Waals surface area contributed by atoms with Gasteiger partial charge in [0.1, 0.15) is 0 Å². The second-order valence-corrected chi connectivity index (χ2v) is 6.28. The number of hydrogen-bond donors (Lipinski definition) is 1. The first-order valence-corrected chi connectivity index (χ1v) is 8.29. The molecule has 0 aliphatic rings. The highest BCUT2D eigenvalue weighted by Crippen LogP contribution is 2.34. The Balaban J connectivity index is 2.31. The van der Waals surface area contributed by atoms with Crippen molar-refractivity contribution in [1.29, 1.82) is 0 Å². The van der Waals surface area contributed by atoms with E-state index in [0.29, 0.717) is 0 Å². The first-order chi connectivity index (χ1) is 9.93. The maximum Gasteiger partial charge on any atom is 0.416 e. The van der Waals surface area contributed by atoms with E-state index in [1.165, 1.54) is 0 Å². The SMILES string of the molecule is CCCNC(c1ccc(C(F)(F)F)cc1)c1cscc1Br. The number of hydrogen-bond acceptors (Lipinski definition) is 2. The third kappa shape index (κ3) is 4.08. The second kappa shape index (κ2) is 6.94. The summed E-state index contributed by atoms with van der Waals surface area (Å²) in [4.78, 5) is 0. The van der Waals surface area contributed by atoms with Crippen LogP contribution in [0.2, 0.25) is 0 Å². The van der Waals surface area contributed by atoms with Gasteiger partial charge in [-0.3, -0.25) is 0 Å². The monoisotopic (exact) mass is 377 g/mol. The van der Waals surface area contributed by atoms with Crippen LogP contribution in [-0.2, 0) is 6.18 Å². The van der Waals surface area contributed by atoms with Gasteiger partial charge in [0.05, 0.1) is 11.6 Å². The number of thiophene rings is 1. The third-order valence-corrected chi connectivity index (χ3v) is 4.87. The lowest BCUT2D eigenvalue weighted by Gasteiger charge is -2.19. The van der Waals surface area contributed by atoms with Crippen LogP contribution in [0, 0.1) is 0 Å². The van der Waals surface area contributed by atoms with E-state index in [-0.39, 0.29) is 6.04 Å². The van der Waals surface area contributed by atoms with Gasteiger partial charge < -0.3 is 5.32 Å². The summed E-state index contributed by atoms with van der Waals surface area (Å²) in [6.07, 6.45) is -3.34. The van der Waals surface area contributed by atoms with Crippen LogP contribution in [0.15, 0.2) is 39.5 Å². The van der Waals surface area contributed by atoms with Gasteiger partial charge in [-0.15, -0.1) is 0 Å². The van der Waals surface area contributed by atoms with E-state index in [1.807, 2.05) is 10.8 Å². The molecular formula is C15H15BrF3NS. The molecule has 114 valence electrons. The highest BCUT2D eigenvalue weighted by Gasteiger charge is 2.30. The molecule has 21 heavy (non-hydrogen) atoms. The highest BCUT2D eigenvalue weighted by molar-refractivity contribution is 9.10. The molecule has 1 atom stereocenters. The topological polar surface area (TPSA) is 12.0 Å². The maximum absolute atomic E-state index is 12.6. The Labute approximate surface area is 134 Å². The predicted octanol–water partition coefficient (Wildman–Crippen LogP) is 5.62. The molecule has 1 nitrogen and oxygen atoms in total. The fourth-order valence-electron chi connectivity index (χ4n) is 2.06. The van der Waals surface area contributed by atoms with Gasteiger partial charge in [-0.1, -0.05) is 19.1 Å².